The number of nitrogens with one attached hydrogen (secondary N) is 1. The van der Waals surface area contributed by atoms with Crippen LogP contribution in [0.25, 0.3) is 0 Å². The largest absolute Gasteiger partial charge is 0.347 e. The molecule has 0 spiro atoms. The predicted octanol–water partition coefficient (Wildman–Crippen LogP) is 4.21. The van der Waals surface area contributed by atoms with Gasteiger partial charge in [-0.3, -0.25) is 9.10 Å². The van der Waals surface area contributed by atoms with E-state index in [1.54, 1.807) is 54.6 Å². The second-order valence-electron chi connectivity index (χ2n) is 9.48. The van der Waals surface area contributed by atoms with Gasteiger partial charge in [-0.2, -0.15) is 0 Å². The van der Waals surface area contributed by atoms with Crippen molar-refractivity contribution in [1.82, 2.24) is 5.32 Å². The molecule has 0 unspecified atom stereocenters. The topological polar surface area (TPSA) is 66.5 Å². The number of rotatable bonds is 5. The van der Waals surface area contributed by atoms with Crippen LogP contribution < -0.4 is 9.62 Å². The summed E-state index contributed by atoms with van der Waals surface area (Å²) >= 11 is 0. The maximum atomic E-state index is 13.0. The number of nitrogens with zero attached hydrogens (tertiary/aromatic N) is 1. The van der Waals surface area contributed by atoms with Gasteiger partial charge in [0.1, 0.15) is 0 Å². The average Bonchev–Trinajstić information content (AvgIpc) is 2.72. The molecule has 4 aliphatic rings. The Bertz CT molecular complexity index is 1010. The number of amides is 1. The van der Waals surface area contributed by atoms with Crippen molar-refractivity contribution in [3.05, 3.63) is 60.2 Å². The lowest BCUT2D eigenvalue weighted by Gasteiger charge is -2.56. The third kappa shape index (κ3) is 3.41. The molecule has 0 atom stereocenters. The van der Waals surface area contributed by atoms with E-state index >= 15 is 0 Å². The van der Waals surface area contributed by atoms with Crippen LogP contribution in [0.2, 0.25) is 0 Å². The molecule has 2 aromatic rings. The first-order valence-corrected chi connectivity index (χ1v) is 12.3. The summed E-state index contributed by atoms with van der Waals surface area (Å²) in [6, 6.07) is 15.2. The zero-order valence-corrected chi connectivity index (χ0v) is 18.1. The number of carbonyl (C=O) groups excluding carboxylic acids is 1. The number of hydrogen-bond donors (Lipinski definition) is 1. The summed E-state index contributed by atoms with van der Waals surface area (Å²) < 4.78 is 26.9. The second-order valence-corrected chi connectivity index (χ2v) is 11.5. The molecule has 6 heteroatoms. The first-order valence-electron chi connectivity index (χ1n) is 10.8. The van der Waals surface area contributed by atoms with E-state index in [1.807, 2.05) is 0 Å². The highest BCUT2D eigenvalue weighted by Crippen LogP contribution is 2.55. The van der Waals surface area contributed by atoms with Crippen molar-refractivity contribution in [2.45, 2.75) is 49.0 Å². The molecule has 0 heterocycles. The van der Waals surface area contributed by atoms with Crippen molar-refractivity contribution < 1.29 is 13.2 Å². The van der Waals surface area contributed by atoms with Gasteiger partial charge in [-0.05, 0) is 92.7 Å². The molecule has 5 nitrogen and oxygen atoms in total. The van der Waals surface area contributed by atoms with Gasteiger partial charge in [0.2, 0.25) is 0 Å². The molecule has 1 amide bonds. The molecule has 0 radical (unpaired) electrons. The van der Waals surface area contributed by atoms with Crippen molar-refractivity contribution in [1.29, 1.82) is 0 Å². The number of anilines is 1. The molecule has 2 aromatic carbocycles. The third-order valence-electron chi connectivity index (χ3n) is 7.31. The zero-order valence-electron chi connectivity index (χ0n) is 17.3. The molecule has 4 aliphatic carbocycles. The minimum Gasteiger partial charge on any atom is -0.347 e. The van der Waals surface area contributed by atoms with Gasteiger partial charge in [-0.25, -0.2) is 8.42 Å². The smallest absolute Gasteiger partial charge is 0.264 e. The lowest BCUT2D eigenvalue weighted by atomic mass is 9.53. The van der Waals surface area contributed by atoms with Gasteiger partial charge in [0.15, 0.2) is 0 Å². The summed E-state index contributed by atoms with van der Waals surface area (Å²) in [5, 5.41) is 3.37. The molecule has 0 aliphatic heterocycles. The van der Waals surface area contributed by atoms with Crippen LogP contribution in [0, 0.1) is 17.8 Å². The first-order chi connectivity index (χ1) is 14.3. The zero-order chi connectivity index (χ0) is 20.9. The van der Waals surface area contributed by atoms with Gasteiger partial charge in [-0.1, -0.05) is 18.2 Å². The van der Waals surface area contributed by atoms with E-state index in [4.69, 9.17) is 0 Å². The maximum Gasteiger partial charge on any atom is 0.264 e. The Morgan fingerprint density at radius 3 is 1.97 bits per heavy atom. The highest BCUT2D eigenvalue weighted by molar-refractivity contribution is 7.92. The molecule has 6 rings (SSSR count). The summed E-state index contributed by atoms with van der Waals surface area (Å²) in [5.74, 6) is 2.28. The van der Waals surface area contributed by atoms with Crippen LogP contribution in [0.1, 0.15) is 48.9 Å². The number of benzene rings is 2. The first kappa shape index (κ1) is 19.6. The fourth-order valence-corrected chi connectivity index (χ4v) is 7.51. The van der Waals surface area contributed by atoms with Crippen LogP contribution in [0.3, 0.4) is 0 Å². The molecule has 158 valence electrons. The molecule has 1 N–H and O–H groups in total. The van der Waals surface area contributed by atoms with E-state index in [1.165, 1.54) is 30.6 Å². The van der Waals surface area contributed by atoms with Crippen LogP contribution in [0.4, 0.5) is 5.69 Å². The summed E-state index contributed by atoms with van der Waals surface area (Å²) in [6.45, 7) is 0. The highest BCUT2D eigenvalue weighted by Gasteiger charge is 2.51. The third-order valence-corrected chi connectivity index (χ3v) is 9.11. The molecule has 0 aromatic heterocycles. The monoisotopic (exact) mass is 424 g/mol. The fourth-order valence-electron chi connectivity index (χ4n) is 6.29. The van der Waals surface area contributed by atoms with E-state index in [2.05, 4.69) is 5.32 Å². The Morgan fingerprint density at radius 1 is 0.900 bits per heavy atom. The Kier molecular flexibility index (Phi) is 4.65. The van der Waals surface area contributed by atoms with Crippen molar-refractivity contribution >= 4 is 21.6 Å². The molecular weight excluding hydrogens is 396 g/mol. The van der Waals surface area contributed by atoms with E-state index < -0.39 is 10.0 Å². The second kappa shape index (κ2) is 7.12. The Labute approximate surface area is 178 Å². The molecule has 30 heavy (non-hydrogen) atoms. The summed E-state index contributed by atoms with van der Waals surface area (Å²) in [5.41, 5.74) is 1.09. The lowest BCUT2D eigenvalue weighted by molar-refractivity contribution is -0.0167. The average molecular weight is 425 g/mol. The van der Waals surface area contributed by atoms with Gasteiger partial charge < -0.3 is 5.32 Å². The Balaban J connectivity index is 1.31. The summed E-state index contributed by atoms with van der Waals surface area (Å²) in [7, 11) is -2.09. The maximum absolute atomic E-state index is 13.0. The van der Waals surface area contributed by atoms with Crippen molar-refractivity contribution in [2.24, 2.45) is 17.8 Å². The predicted molar refractivity (Wildman–Crippen MR) is 117 cm³/mol. The molecular formula is C24H28N2O3S. The van der Waals surface area contributed by atoms with E-state index in [0.29, 0.717) is 11.3 Å². The van der Waals surface area contributed by atoms with Gasteiger partial charge in [-0.15, -0.1) is 0 Å². The fraction of sp³-hybridized carbons (Fsp3) is 0.458. The van der Waals surface area contributed by atoms with Crippen molar-refractivity contribution in [3.63, 3.8) is 0 Å². The standard InChI is InChI=1S/C24H28N2O3S/c1-26(30(28,29)22-5-3-2-4-6-22)21-9-7-20(8-10-21)23(27)25-24-14-17-11-18(15-24)13-19(12-17)16-24/h2-10,17-19H,11-16H2,1H3,(H,25,27). The Morgan fingerprint density at radius 2 is 1.43 bits per heavy atom. The van der Waals surface area contributed by atoms with Crippen molar-refractivity contribution in [2.75, 3.05) is 11.4 Å². The van der Waals surface area contributed by atoms with Crippen LogP contribution in [-0.4, -0.2) is 26.9 Å². The number of hydrogen-bond acceptors (Lipinski definition) is 3. The molecule has 0 saturated heterocycles. The lowest BCUT2D eigenvalue weighted by Crippen LogP contribution is -2.59. The molecule has 4 fully saturated rings. The molecule has 4 bridgehead atoms. The van der Waals surface area contributed by atoms with Gasteiger partial charge >= 0.3 is 0 Å². The highest BCUT2D eigenvalue weighted by atomic mass is 32.2. The van der Waals surface area contributed by atoms with Crippen LogP contribution in [0.5, 0.6) is 0 Å². The van der Waals surface area contributed by atoms with E-state index in [9.17, 15) is 13.2 Å². The number of carbonyl (C=O) groups is 1. The minimum atomic E-state index is -3.63. The summed E-state index contributed by atoms with van der Waals surface area (Å²) in [6.07, 6.45) is 7.35. The van der Waals surface area contributed by atoms with E-state index in [0.717, 1.165) is 37.0 Å². The van der Waals surface area contributed by atoms with E-state index in [-0.39, 0.29) is 16.3 Å². The normalized spacial score (nSPS) is 29.6. The van der Waals surface area contributed by atoms with Crippen LogP contribution in [-0.2, 0) is 10.0 Å². The molecule has 4 saturated carbocycles. The Hall–Kier alpha value is -2.34. The van der Waals surface area contributed by atoms with Crippen molar-refractivity contribution in [3.8, 4) is 0 Å². The van der Waals surface area contributed by atoms with Gasteiger partial charge in [0.25, 0.3) is 15.9 Å². The summed E-state index contributed by atoms with van der Waals surface area (Å²) in [4.78, 5) is 13.2. The van der Waals surface area contributed by atoms with Crippen LogP contribution >= 0.6 is 0 Å². The quantitative estimate of drug-likeness (QED) is 0.782. The van der Waals surface area contributed by atoms with Gasteiger partial charge in [0, 0.05) is 18.2 Å². The number of sulfonamides is 1. The SMILES string of the molecule is CN(c1ccc(C(=O)NC23CC4CC(CC(C4)C2)C3)cc1)S(=O)(=O)c1ccccc1. The van der Waals surface area contributed by atoms with Gasteiger partial charge in [0.05, 0.1) is 10.6 Å². The van der Waals surface area contributed by atoms with Crippen LogP contribution in [0.15, 0.2) is 59.5 Å². The minimum absolute atomic E-state index is 0.0298.